The number of amides is 1. The summed E-state index contributed by atoms with van der Waals surface area (Å²) in [7, 11) is 1.32. The van der Waals surface area contributed by atoms with Gasteiger partial charge in [0.1, 0.15) is 13.2 Å². The summed E-state index contributed by atoms with van der Waals surface area (Å²) in [5, 5.41) is 13.9. The lowest BCUT2D eigenvalue weighted by molar-refractivity contribution is -0.870. The molecule has 0 spiro atoms. The summed E-state index contributed by atoms with van der Waals surface area (Å²) < 4.78 is 23.3. The first-order chi connectivity index (χ1) is 34.5. The predicted octanol–water partition coefficient (Wildman–Crippen LogP) is 19.0. The Morgan fingerprint density at radius 1 is 0.437 bits per heavy atom. The van der Waals surface area contributed by atoms with E-state index < -0.39 is 20.0 Å². The molecule has 0 aliphatic heterocycles. The van der Waals surface area contributed by atoms with Crippen molar-refractivity contribution in [3.63, 3.8) is 0 Å². The topological polar surface area (TPSA) is 108 Å². The molecule has 8 nitrogen and oxygen atoms in total. The van der Waals surface area contributed by atoms with Gasteiger partial charge in [-0.15, -0.1) is 0 Å². The fraction of sp³-hybridized carbons (Fsp3) is 0.984. The van der Waals surface area contributed by atoms with Gasteiger partial charge in [0.15, 0.2) is 0 Å². The molecule has 0 bridgehead atoms. The third-order valence-electron chi connectivity index (χ3n) is 15.1. The van der Waals surface area contributed by atoms with Crippen LogP contribution in [0.5, 0.6) is 0 Å². The van der Waals surface area contributed by atoms with Crippen LogP contribution in [0, 0.1) is 0 Å². The Morgan fingerprint density at radius 2 is 0.690 bits per heavy atom. The highest BCUT2D eigenvalue weighted by molar-refractivity contribution is 7.45. The van der Waals surface area contributed by atoms with E-state index in [1.807, 2.05) is 21.1 Å². The predicted molar refractivity (Wildman–Crippen MR) is 307 cm³/mol. The Hall–Kier alpha value is -0.500. The van der Waals surface area contributed by atoms with Crippen molar-refractivity contribution in [2.24, 2.45) is 0 Å². The molecule has 0 heterocycles. The molecule has 3 atom stereocenters. The highest BCUT2D eigenvalue weighted by Crippen LogP contribution is 2.38. The normalized spacial score (nSPS) is 13.7. The van der Waals surface area contributed by atoms with E-state index in [0.717, 1.165) is 38.5 Å². The van der Waals surface area contributed by atoms with Crippen molar-refractivity contribution < 1.29 is 32.9 Å². The maximum atomic E-state index is 12.9. The molecule has 2 N–H and O–H groups in total. The number of rotatable bonds is 60. The summed E-state index contributed by atoms with van der Waals surface area (Å²) in [4.78, 5) is 25.4. The van der Waals surface area contributed by atoms with E-state index in [9.17, 15) is 19.4 Å². The largest absolute Gasteiger partial charge is 0.756 e. The highest BCUT2D eigenvalue weighted by Gasteiger charge is 2.24. The number of aliphatic hydroxyl groups excluding tert-OH is 1. The van der Waals surface area contributed by atoms with Crippen LogP contribution in [0.25, 0.3) is 0 Å². The Kier molecular flexibility index (Phi) is 53.9. The number of hydrogen-bond acceptors (Lipinski definition) is 6. The Bertz CT molecular complexity index is 1120. The average Bonchev–Trinajstić information content (AvgIpc) is 3.33. The van der Waals surface area contributed by atoms with E-state index >= 15 is 0 Å². The molecule has 0 aromatic rings. The van der Waals surface area contributed by atoms with Gasteiger partial charge < -0.3 is 28.8 Å². The van der Waals surface area contributed by atoms with E-state index in [2.05, 4.69) is 19.2 Å². The fourth-order valence-electron chi connectivity index (χ4n) is 10.1. The zero-order valence-corrected chi connectivity index (χ0v) is 49.6. The molecule has 0 aromatic heterocycles. The van der Waals surface area contributed by atoms with Crippen LogP contribution in [0.3, 0.4) is 0 Å². The van der Waals surface area contributed by atoms with Crippen LogP contribution < -0.4 is 10.2 Å². The van der Waals surface area contributed by atoms with Gasteiger partial charge in [-0.2, -0.15) is 0 Å². The molecule has 0 aromatic carbocycles. The van der Waals surface area contributed by atoms with Crippen molar-refractivity contribution in [1.29, 1.82) is 0 Å². The minimum absolute atomic E-state index is 0.0160. The number of carbonyl (C=O) groups is 1. The molecular weight excluding hydrogens is 900 g/mol. The molecule has 0 rings (SSSR count). The van der Waals surface area contributed by atoms with Crippen LogP contribution in [0.1, 0.15) is 341 Å². The second-order valence-corrected chi connectivity index (χ2v) is 24.9. The van der Waals surface area contributed by atoms with E-state index in [4.69, 9.17) is 9.05 Å². The molecule has 0 saturated heterocycles. The van der Waals surface area contributed by atoms with Gasteiger partial charge in [-0.3, -0.25) is 9.36 Å². The van der Waals surface area contributed by atoms with Crippen molar-refractivity contribution in [1.82, 2.24) is 5.32 Å². The Morgan fingerprint density at radius 3 is 0.958 bits per heavy atom. The molecule has 0 aliphatic carbocycles. The molecule has 71 heavy (non-hydrogen) atoms. The summed E-state index contributed by atoms with van der Waals surface area (Å²) in [5.41, 5.74) is 0. The number of carbonyl (C=O) groups excluding carboxylic acids is 1. The zero-order valence-electron chi connectivity index (χ0n) is 48.7. The first kappa shape index (κ1) is 70.5. The van der Waals surface area contributed by atoms with Crippen molar-refractivity contribution in [3.05, 3.63) is 0 Å². The summed E-state index contributed by atoms with van der Waals surface area (Å²) in [5.74, 6) is -0.159. The van der Waals surface area contributed by atoms with Crippen LogP contribution in [-0.4, -0.2) is 68.5 Å². The Labute approximate surface area is 444 Å². The number of phosphoric ester groups is 1. The third-order valence-corrected chi connectivity index (χ3v) is 16.1. The SMILES string of the molecule is CCCCCCCCCCCCCCCCCCCCCCCCCCCCCCCCCCCCCCCCCCC(=O)NC(COP(=O)([O-])OCC[N+](C)(C)C)C(O)CCCCCCCCCCC. The number of unbranched alkanes of at least 4 members (excludes halogenated alkanes) is 47. The van der Waals surface area contributed by atoms with E-state index in [1.54, 1.807) is 0 Å². The molecule has 0 fully saturated rings. The number of nitrogens with zero attached hydrogens (tertiary/aromatic N) is 1. The molecule has 426 valence electrons. The van der Waals surface area contributed by atoms with Gasteiger partial charge in [0.05, 0.1) is 39.9 Å². The van der Waals surface area contributed by atoms with Crippen molar-refractivity contribution >= 4 is 13.7 Å². The highest BCUT2D eigenvalue weighted by atomic mass is 31.2. The standard InChI is InChI=1S/C62H127N2O6P/c1-6-8-10-12-14-16-17-18-19-20-21-22-23-24-25-26-27-28-29-30-31-32-33-34-35-36-37-38-39-40-41-42-43-44-45-46-48-50-52-54-56-62(66)63-60(59-70-71(67,68)69-58-57-64(3,4)5)61(65)55-53-51-49-47-15-13-11-9-7-2/h60-61,65H,6-59H2,1-5H3,(H-,63,66,67,68). The molecule has 0 radical (unpaired) electrons. The zero-order chi connectivity index (χ0) is 52.0. The second-order valence-electron chi connectivity index (χ2n) is 23.5. The Balaban J connectivity index is 3.70. The summed E-state index contributed by atoms with van der Waals surface area (Å²) >= 11 is 0. The van der Waals surface area contributed by atoms with Crippen molar-refractivity contribution in [2.75, 3.05) is 40.9 Å². The molecule has 0 aliphatic rings. The number of hydrogen-bond donors (Lipinski definition) is 2. The van der Waals surface area contributed by atoms with Crippen molar-refractivity contribution in [2.45, 2.75) is 353 Å². The van der Waals surface area contributed by atoms with Gasteiger partial charge in [0.25, 0.3) is 7.82 Å². The molecule has 1 amide bonds. The smallest absolute Gasteiger partial charge is 0.268 e. The third kappa shape index (κ3) is 57.1. The number of quaternary nitrogens is 1. The van der Waals surface area contributed by atoms with Gasteiger partial charge in [0.2, 0.25) is 5.91 Å². The second kappa shape index (κ2) is 54.3. The molecule has 0 saturated carbocycles. The number of likely N-dealkylation sites (N-methyl/N-ethyl adjacent to an activating group) is 1. The van der Waals surface area contributed by atoms with E-state index in [0.29, 0.717) is 23.9 Å². The van der Waals surface area contributed by atoms with Crippen LogP contribution >= 0.6 is 7.82 Å². The number of nitrogens with one attached hydrogen (secondary N) is 1. The summed E-state index contributed by atoms with van der Waals surface area (Å²) in [6, 6.07) is -0.793. The van der Waals surface area contributed by atoms with Crippen molar-refractivity contribution in [3.8, 4) is 0 Å². The summed E-state index contributed by atoms with van der Waals surface area (Å²) in [6.07, 6.45) is 66.4. The van der Waals surface area contributed by atoms with Gasteiger partial charge in [-0.05, 0) is 12.8 Å². The van der Waals surface area contributed by atoms with E-state index in [-0.39, 0.29) is 19.1 Å². The van der Waals surface area contributed by atoms with Crippen LogP contribution in [0.2, 0.25) is 0 Å². The minimum Gasteiger partial charge on any atom is -0.756 e. The van der Waals surface area contributed by atoms with Crippen LogP contribution in [0.4, 0.5) is 0 Å². The van der Waals surface area contributed by atoms with Gasteiger partial charge in [0, 0.05) is 6.42 Å². The first-order valence-electron chi connectivity index (χ1n) is 31.9. The van der Waals surface area contributed by atoms with Crippen LogP contribution in [0.15, 0.2) is 0 Å². The summed E-state index contributed by atoms with van der Waals surface area (Å²) in [6.45, 7) is 4.74. The lowest BCUT2D eigenvalue weighted by Gasteiger charge is -2.30. The van der Waals surface area contributed by atoms with E-state index in [1.165, 1.54) is 276 Å². The fourth-order valence-corrected chi connectivity index (χ4v) is 10.8. The average molecular weight is 1030 g/mol. The molecular formula is C62H127N2O6P. The first-order valence-corrected chi connectivity index (χ1v) is 33.3. The quantitative estimate of drug-likeness (QED) is 0.0357. The number of phosphoric acid groups is 1. The van der Waals surface area contributed by atoms with Crippen LogP contribution in [-0.2, 0) is 18.4 Å². The van der Waals surface area contributed by atoms with Gasteiger partial charge in [-0.1, -0.05) is 322 Å². The molecule has 3 unspecified atom stereocenters. The lowest BCUT2D eigenvalue weighted by Crippen LogP contribution is -2.46. The number of aliphatic hydroxyl groups is 1. The van der Waals surface area contributed by atoms with Gasteiger partial charge >= 0.3 is 0 Å². The lowest BCUT2D eigenvalue weighted by atomic mass is 10.0. The molecule has 9 heteroatoms. The maximum Gasteiger partial charge on any atom is 0.268 e. The monoisotopic (exact) mass is 1030 g/mol. The maximum absolute atomic E-state index is 12.9. The minimum atomic E-state index is -4.56. The van der Waals surface area contributed by atoms with Gasteiger partial charge in [-0.25, -0.2) is 0 Å².